The molecule has 0 saturated carbocycles. The molecule has 1 amide bonds. The molecule has 3 nitrogen and oxygen atoms in total. The average Bonchev–Trinajstić information content (AvgIpc) is 2.48. The second-order valence-electron chi connectivity index (χ2n) is 4.78. The van der Waals surface area contributed by atoms with Gasteiger partial charge in [0.1, 0.15) is 0 Å². The first-order valence-corrected chi connectivity index (χ1v) is 6.78. The standard InChI is InChI=1S/C17H20N2O/c1-4-19(18(2)3)17(20)16-13-9-8-12-15(16)14-10-6-5-7-11-14/h5-13H,4H2,1-3H3. The van der Waals surface area contributed by atoms with Crippen LogP contribution in [-0.4, -0.2) is 36.6 Å². The highest BCUT2D eigenvalue weighted by Crippen LogP contribution is 2.24. The predicted octanol–water partition coefficient (Wildman–Crippen LogP) is 3.29. The normalized spacial score (nSPS) is 10.6. The highest BCUT2D eigenvalue weighted by molar-refractivity contribution is 6.00. The molecular weight excluding hydrogens is 248 g/mol. The lowest BCUT2D eigenvalue weighted by Crippen LogP contribution is -2.41. The smallest absolute Gasteiger partial charge is 0.268 e. The number of hydrazine groups is 1. The summed E-state index contributed by atoms with van der Waals surface area (Å²) in [4.78, 5) is 12.7. The second kappa shape index (κ2) is 6.35. The van der Waals surface area contributed by atoms with Crippen LogP contribution in [-0.2, 0) is 0 Å². The number of hydrogen-bond acceptors (Lipinski definition) is 2. The monoisotopic (exact) mass is 268 g/mol. The van der Waals surface area contributed by atoms with Crippen LogP contribution in [0.25, 0.3) is 11.1 Å². The van der Waals surface area contributed by atoms with Gasteiger partial charge >= 0.3 is 0 Å². The number of rotatable bonds is 4. The summed E-state index contributed by atoms with van der Waals surface area (Å²) in [5, 5.41) is 3.55. The third kappa shape index (κ3) is 2.89. The maximum absolute atomic E-state index is 12.7. The highest BCUT2D eigenvalue weighted by atomic mass is 16.2. The number of benzene rings is 2. The maximum atomic E-state index is 12.7. The van der Waals surface area contributed by atoms with Crippen molar-refractivity contribution in [2.45, 2.75) is 6.92 Å². The largest absolute Gasteiger partial charge is 0.272 e. The SMILES string of the molecule is CCN(C(=O)c1ccccc1-c1ccccc1)N(C)C. The Kier molecular flexibility index (Phi) is 4.53. The maximum Gasteiger partial charge on any atom is 0.268 e. The summed E-state index contributed by atoms with van der Waals surface area (Å²) in [7, 11) is 3.76. The van der Waals surface area contributed by atoms with Gasteiger partial charge in [-0.25, -0.2) is 5.01 Å². The minimum absolute atomic E-state index is 0.0250. The van der Waals surface area contributed by atoms with E-state index in [1.165, 1.54) is 0 Å². The van der Waals surface area contributed by atoms with Gasteiger partial charge in [-0.1, -0.05) is 48.5 Å². The number of nitrogens with zero attached hydrogens (tertiary/aromatic N) is 2. The van der Waals surface area contributed by atoms with Crippen molar-refractivity contribution in [2.24, 2.45) is 0 Å². The molecule has 0 bridgehead atoms. The summed E-state index contributed by atoms with van der Waals surface area (Å²) in [6.45, 7) is 2.62. The zero-order valence-electron chi connectivity index (χ0n) is 12.2. The number of hydrogen-bond donors (Lipinski definition) is 0. The molecule has 2 rings (SSSR count). The summed E-state index contributed by atoms with van der Waals surface area (Å²) in [6.07, 6.45) is 0. The van der Waals surface area contributed by atoms with E-state index in [4.69, 9.17) is 0 Å². The molecule has 104 valence electrons. The molecule has 0 N–H and O–H groups in total. The summed E-state index contributed by atoms with van der Waals surface area (Å²) in [5.74, 6) is 0.0250. The molecule has 0 aliphatic heterocycles. The molecule has 20 heavy (non-hydrogen) atoms. The molecule has 0 fully saturated rings. The number of amides is 1. The quantitative estimate of drug-likeness (QED) is 0.794. The third-order valence-corrected chi connectivity index (χ3v) is 3.26. The van der Waals surface area contributed by atoms with E-state index >= 15 is 0 Å². The Balaban J connectivity index is 2.45. The average molecular weight is 268 g/mol. The summed E-state index contributed by atoms with van der Waals surface area (Å²) in [6, 6.07) is 17.7. The van der Waals surface area contributed by atoms with Gasteiger partial charge in [0.15, 0.2) is 0 Å². The Morgan fingerprint density at radius 3 is 2.15 bits per heavy atom. The number of carbonyl (C=O) groups excluding carboxylic acids is 1. The van der Waals surface area contributed by atoms with Gasteiger partial charge in [-0.3, -0.25) is 9.80 Å². The Morgan fingerprint density at radius 1 is 0.950 bits per heavy atom. The van der Waals surface area contributed by atoms with Crippen LogP contribution < -0.4 is 0 Å². The molecule has 0 radical (unpaired) electrons. The fourth-order valence-corrected chi connectivity index (χ4v) is 2.29. The van der Waals surface area contributed by atoms with Gasteiger partial charge in [-0.2, -0.15) is 0 Å². The van der Waals surface area contributed by atoms with Crippen LogP contribution in [0.3, 0.4) is 0 Å². The van der Waals surface area contributed by atoms with Crippen LogP contribution in [0.2, 0.25) is 0 Å². The first-order valence-electron chi connectivity index (χ1n) is 6.78. The van der Waals surface area contributed by atoms with Crippen molar-refractivity contribution in [2.75, 3.05) is 20.6 Å². The lowest BCUT2D eigenvalue weighted by atomic mass is 9.99. The third-order valence-electron chi connectivity index (χ3n) is 3.26. The first-order chi connectivity index (χ1) is 9.65. The summed E-state index contributed by atoms with van der Waals surface area (Å²) >= 11 is 0. The van der Waals surface area contributed by atoms with E-state index in [1.807, 2.05) is 80.6 Å². The van der Waals surface area contributed by atoms with Crippen LogP contribution in [0.5, 0.6) is 0 Å². The minimum atomic E-state index is 0.0250. The minimum Gasteiger partial charge on any atom is -0.272 e. The Morgan fingerprint density at radius 2 is 1.55 bits per heavy atom. The topological polar surface area (TPSA) is 23.6 Å². The van der Waals surface area contributed by atoms with Crippen molar-refractivity contribution in [1.82, 2.24) is 10.0 Å². The Bertz CT molecular complexity index is 579. The lowest BCUT2D eigenvalue weighted by molar-refractivity contribution is 0.0231. The predicted molar refractivity (Wildman–Crippen MR) is 82.3 cm³/mol. The van der Waals surface area contributed by atoms with E-state index in [1.54, 1.807) is 5.01 Å². The first kappa shape index (κ1) is 14.3. The van der Waals surface area contributed by atoms with Crippen molar-refractivity contribution in [3.8, 4) is 11.1 Å². The van der Waals surface area contributed by atoms with Crippen LogP contribution in [0.15, 0.2) is 54.6 Å². The van der Waals surface area contributed by atoms with E-state index in [0.717, 1.165) is 16.7 Å². The van der Waals surface area contributed by atoms with Gasteiger partial charge in [0.2, 0.25) is 0 Å². The van der Waals surface area contributed by atoms with Gasteiger partial charge in [-0.15, -0.1) is 0 Å². The van der Waals surface area contributed by atoms with E-state index in [-0.39, 0.29) is 5.91 Å². The van der Waals surface area contributed by atoms with E-state index in [2.05, 4.69) is 0 Å². The molecule has 0 atom stereocenters. The Labute approximate surface area is 120 Å². The van der Waals surface area contributed by atoms with Gasteiger partial charge in [0.05, 0.1) is 0 Å². The summed E-state index contributed by atoms with van der Waals surface area (Å²) < 4.78 is 0. The lowest BCUT2D eigenvalue weighted by Gasteiger charge is -2.28. The van der Waals surface area contributed by atoms with Crippen LogP contribution in [0, 0.1) is 0 Å². The van der Waals surface area contributed by atoms with Gasteiger partial charge in [0, 0.05) is 26.2 Å². The van der Waals surface area contributed by atoms with Gasteiger partial charge < -0.3 is 0 Å². The zero-order chi connectivity index (χ0) is 14.5. The highest BCUT2D eigenvalue weighted by Gasteiger charge is 2.19. The Hall–Kier alpha value is -2.13. The van der Waals surface area contributed by atoms with Gasteiger partial charge in [-0.05, 0) is 24.1 Å². The van der Waals surface area contributed by atoms with E-state index in [9.17, 15) is 4.79 Å². The molecule has 0 unspecified atom stereocenters. The molecule has 0 aliphatic carbocycles. The zero-order valence-corrected chi connectivity index (χ0v) is 12.2. The van der Waals surface area contributed by atoms with Crippen LogP contribution in [0.1, 0.15) is 17.3 Å². The summed E-state index contributed by atoms with van der Waals surface area (Å²) in [5.41, 5.74) is 2.76. The van der Waals surface area contributed by atoms with Crippen molar-refractivity contribution in [1.29, 1.82) is 0 Å². The van der Waals surface area contributed by atoms with Crippen molar-refractivity contribution < 1.29 is 4.79 Å². The molecule has 0 heterocycles. The van der Waals surface area contributed by atoms with Crippen molar-refractivity contribution >= 4 is 5.91 Å². The number of carbonyl (C=O) groups is 1. The fourth-order valence-electron chi connectivity index (χ4n) is 2.29. The van der Waals surface area contributed by atoms with Crippen molar-refractivity contribution in [3.63, 3.8) is 0 Å². The molecule has 3 heteroatoms. The van der Waals surface area contributed by atoms with Crippen molar-refractivity contribution in [3.05, 3.63) is 60.2 Å². The molecular formula is C17H20N2O. The van der Waals surface area contributed by atoms with Crippen LogP contribution in [0.4, 0.5) is 0 Å². The molecule has 2 aromatic rings. The van der Waals surface area contributed by atoms with E-state index < -0.39 is 0 Å². The molecule has 0 aromatic heterocycles. The second-order valence-corrected chi connectivity index (χ2v) is 4.78. The van der Waals surface area contributed by atoms with Gasteiger partial charge in [0.25, 0.3) is 5.91 Å². The molecule has 0 aliphatic rings. The molecule has 0 saturated heterocycles. The van der Waals surface area contributed by atoms with E-state index in [0.29, 0.717) is 6.54 Å². The molecule has 2 aromatic carbocycles. The fraction of sp³-hybridized carbons (Fsp3) is 0.235. The van der Waals surface area contributed by atoms with Crippen LogP contribution >= 0.6 is 0 Å². The molecule has 0 spiro atoms.